The lowest BCUT2D eigenvalue weighted by Crippen LogP contribution is -1.97. The van der Waals surface area contributed by atoms with Gasteiger partial charge in [0.2, 0.25) is 11.8 Å². The Hall–Kier alpha value is -1.82. The molecule has 0 spiro atoms. The third-order valence-corrected chi connectivity index (χ3v) is 1.88. The Morgan fingerprint density at radius 1 is 1.50 bits per heavy atom. The van der Waals surface area contributed by atoms with Gasteiger partial charge in [-0.1, -0.05) is 0 Å². The van der Waals surface area contributed by atoms with Gasteiger partial charge >= 0.3 is 0 Å². The van der Waals surface area contributed by atoms with Crippen molar-refractivity contribution in [1.82, 2.24) is 14.8 Å². The molecule has 0 fully saturated rings. The monoisotopic (exact) mass is 193 g/mol. The van der Waals surface area contributed by atoms with Crippen LogP contribution in [0.3, 0.4) is 0 Å². The number of nitrogens with zero attached hydrogens (tertiary/aromatic N) is 3. The van der Waals surface area contributed by atoms with Gasteiger partial charge < -0.3 is 15.9 Å². The second-order valence-electron chi connectivity index (χ2n) is 2.89. The van der Waals surface area contributed by atoms with Crippen molar-refractivity contribution in [2.75, 3.05) is 5.73 Å². The van der Waals surface area contributed by atoms with Crippen LogP contribution in [0.25, 0.3) is 11.6 Å². The summed E-state index contributed by atoms with van der Waals surface area (Å²) < 4.78 is 6.85. The number of rotatable bonds is 2. The van der Waals surface area contributed by atoms with E-state index in [0.717, 1.165) is 0 Å². The van der Waals surface area contributed by atoms with Crippen molar-refractivity contribution in [3.05, 3.63) is 17.9 Å². The summed E-state index contributed by atoms with van der Waals surface area (Å²) in [4.78, 5) is 4.02. The molecule has 0 atom stereocenters. The van der Waals surface area contributed by atoms with E-state index in [9.17, 15) is 0 Å². The van der Waals surface area contributed by atoms with Crippen LogP contribution < -0.4 is 11.5 Å². The van der Waals surface area contributed by atoms with Crippen molar-refractivity contribution in [2.24, 2.45) is 12.8 Å². The van der Waals surface area contributed by atoms with Gasteiger partial charge in [0.15, 0.2) is 5.76 Å². The SMILES string of the molecule is Cn1nc(-c2ccc(CN)o2)nc1N. The van der Waals surface area contributed by atoms with Gasteiger partial charge in [0.05, 0.1) is 6.54 Å². The Morgan fingerprint density at radius 3 is 2.79 bits per heavy atom. The van der Waals surface area contributed by atoms with Gasteiger partial charge in [-0.15, -0.1) is 5.10 Å². The minimum atomic E-state index is 0.352. The minimum absolute atomic E-state index is 0.352. The standard InChI is InChI=1S/C8H11N5O/c1-13-8(10)11-7(12-13)6-3-2-5(4-9)14-6/h2-3H,4,9H2,1H3,(H2,10,11,12). The number of hydrogen-bond donors (Lipinski definition) is 2. The van der Waals surface area contributed by atoms with Crippen molar-refractivity contribution in [3.63, 3.8) is 0 Å². The van der Waals surface area contributed by atoms with Gasteiger partial charge in [-0.3, -0.25) is 0 Å². The number of furan rings is 1. The van der Waals surface area contributed by atoms with E-state index in [0.29, 0.717) is 29.8 Å². The Bertz CT molecular complexity index is 425. The third-order valence-electron chi connectivity index (χ3n) is 1.88. The Balaban J connectivity index is 2.39. The number of anilines is 1. The van der Waals surface area contributed by atoms with E-state index in [1.807, 2.05) is 0 Å². The molecule has 0 aliphatic rings. The maximum Gasteiger partial charge on any atom is 0.218 e. The molecular weight excluding hydrogens is 182 g/mol. The normalized spacial score (nSPS) is 10.7. The van der Waals surface area contributed by atoms with Crippen molar-refractivity contribution >= 4 is 5.95 Å². The summed E-state index contributed by atoms with van der Waals surface area (Å²) in [6.07, 6.45) is 0. The van der Waals surface area contributed by atoms with Crippen molar-refractivity contribution in [2.45, 2.75) is 6.54 Å². The van der Waals surface area contributed by atoms with Crippen LogP contribution in [0.15, 0.2) is 16.5 Å². The highest BCUT2D eigenvalue weighted by Gasteiger charge is 2.10. The van der Waals surface area contributed by atoms with Gasteiger partial charge in [-0.2, -0.15) is 4.98 Å². The van der Waals surface area contributed by atoms with Crippen molar-refractivity contribution in [3.8, 4) is 11.6 Å². The highest BCUT2D eigenvalue weighted by molar-refractivity contribution is 5.48. The first-order valence-electron chi connectivity index (χ1n) is 4.16. The maximum absolute atomic E-state index is 5.54. The fraction of sp³-hybridized carbons (Fsp3) is 0.250. The van der Waals surface area contributed by atoms with Crippen LogP contribution in [0.1, 0.15) is 5.76 Å². The number of nitrogen functional groups attached to an aromatic ring is 1. The Kier molecular flexibility index (Phi) is 1.97. The average molecular weight is 193 g/mol. The molecule has 0 aliphatic carbocycles. The molecule has 0 bridgehead atoms. The predicted molar refractivity (Wildman–Crippen MR) is 51.0 cm³/mol. The molecule has 4 N–H and O–H groups in total. The van der Waals surface area contributed by atoms with Crippen LogP contribution in [0.2, 0.25) is 0 Å². The Morgan fingerprint density at radius 2 is 2.29 bits per heavy atom. The van der Waals surface area contributed by atoms with Gasteiger partial charge in [0.25, 0.3) is 0 Å². The van der Waals surface area contributed by atoms with Crippen LogP contribution >= 0.6 is 0 Å². The molecule has 6 nitrogen and oxygen atoms in total. The molecule has 0 amide bonds. The summed E-state index contributed by atoms with van der Waals surface area (Å²) in [6, 6.07) is 3.57. The van der Waals surface area contributed by atoms with E-state index < -0.39 is 0 Å². The zero-order valence-electron chi connectivity index (χ0n) is 7.77. The van der Waals surface area contributed by atoms with Gasteiger partial charge in [-0.05, 0) is 12.1 Å². The van der Waals surface area contributed by atoms with Gasteiger partial charge in [0, 0.05) is 7.05 Å². The largest absolute Gasteiger partial charge is 0.456 e. The zero-order valence-corrected chi connectivity index (χ0v) is 7.77. The second kappa shape index (κ2) is 3.15. The lowest BCUT2D eigenvalue weighted by molar-refractivity contribution is 0.521. The summed E-state index contributed by atoms with van der Waals surface area (Å²) in [5.74, 6) is 2.11. The van der Waals surface area contributed by atoms with Gasteiger partial charge in [0.1, 0.15) is 5.76 Å². The van der Waals surface area contributed by atoms with E-state index in [1.165, 1.54) is 4.68 Å². The first-order valence-corrected chi connectivity index (χ1v) is 4.16. The molecule has 6 heteroatoms. The lowest BCUT2D eigenvalue weighted by atomic mass is 10.4. The summed E-state index contributed by atoms with van der Waals surface area (Å²) in [5.41, 5.74) is 11.0. The lowest BCUT2D eigenvalue weighted by Gasteiger charge is -1.88. The third kappa shape index (κ3) is 1.35. The van der Waals surface area contributed by atoms with E-state index in [2.05, 4.69) is 10.1 Å². The molecule has 74 valence electrons. The molecule has 0 saturated heterocycles. The summed E-state index contributed by atoms with van der Waals surface area (Å²) >= 11 is 0. The number of hydrogen-bond acceptors (Lipinski definition) is 5. The van der Waals surface area contributed by atoms with Crippen LogP contribution in [0.5, 0.6) is 0 Å². The summed E-state index contributed by atoms with van der Waals surface area (Å²) in [6.45, 7) is 0.363. The van der Waals surface area contributed by atoms with E-state index in [-0.39, 0.29) is 0 Å². The van der Waals surface area contributed by atoms with Crippen molar-refractivity contribution in [1.29, 1.82) is 0 Å². The smallest absolute Gasteiger partial charge is 0.218 e. The molecule has 2 heterocycles. The minimum Gasteiger partial charge on any atom is -0.456 e. The van der Waals surface area contributed by atoms with Crippen LogP contribution in [-0.2, 0) is 13.6 Å². The molecule has 0 saturated carbocycles. The summed E-state index contributed by atoms with van der Waals surface area (Å²) in [7, 11) is 1.72. The molecule has 2 rings (SSSR count). The Labute approximate surface area is 80.5 Å². The van der Waals surface area contributed by atoms with Gasteiger partial charge in [-0.25, -0.2) is 4.68 Å². The second-order valence-corrected chi connectivity index (χ2v) is 2.89. The fourth-order valence-electron chi connectivity index (χ4n) is 1.11. The quantitative estimate of drug-likeness (QED) is 0.706. The summed E-state index contributed by atoms with van der Waals surface area (Å²) in [5, 5.41) is 4.07. The topological polar surface area (TPSA) is 95.9 Å². The molecule has 0 radical (unpaired) electrons. The number of aryl methyl sites for hydroxylation is 1. The molecule has 0 aromatic carbocycles. The highest BCUT2D eigenvalue weighted by Crippen LogP contribution is 2.18. The fourth-order valence-corrected chi connectivity index (χ4v) is 1.11. The first-order chi connectivity index (χ1) is 6.70. The first kappa shape index (κ1) is 8.76. The van der Waals surface area contributed by atoms with Crippen LogP contribution in [0.4, 0.5) is 5.95 Å². The van der Waals surface area contributed by atoms with Crippen LogP contribution in [0, 0.1) is 0 Å². The molecule has 14 heavy (non-hydrogen) atoms. The van der Waals surface area contributed by atoms with Crippen molar-refractivity contribution < 1.29 is 4.42 Å². The molecule has 2 aromatic rings. The zero-order chi connectivity index (χ0) is 10.1. The van der Waals surface area contributed by atoms with E-state index >= 15 is 0 Å². The number of nitrogens with two attached hydrogens (primary N) is 2. The molecule has 2 aromatic heterocycles. The molecule has 0 aliphatic heterocycles. The predicted octanol–water partition coefficient (Wildman–Crippen LogP) is 0.116. The number of aromatic nitrogens is 3. The maximum atomic E-state index is 5.54. The molecular formula is C8H11N5O. The average Bonchev–Trinajstić information content (AvgIpc) is 2.74. The highest BCUT2D eigenvalue weighted by atomic mass is 16.3. The van der Waals surface area contributed by atoms with E-state index in [4.69, 9.17) is 15.9 Å². The van der Waals surface area contributed by atoms with Crippen LogP contribution in [-0.4, -0.2) is 14.8 Å². The molecule has 0 unspecified atom stereocenters. The van der Waals surface area contributed by atoms with E-state index in [1.54, 1.807) is 19.2 Å².